The molecule has 19 heavy (non-hydrogen) atoms. The molecule has 0 aliphatic rings. The van der Waals surface area contributed by atoms with Crippen molar-refractivity contribution in [3.63, 3.8) is 0 Å². The number of Topliss-reactive ketones (excluding diaryl/α,β-unsaturated/α-hetero) is 1. The highest BCUT2D eigenvalue weighted by atomic mass is 35.5. The minimum atomic E-state index is -0.480. The number of ketones is 1. The second-order valence-corrected chi connectivity index (χ2v) is 4.80. The molecule has 0 aliphatic heterocycles. The first-order valence-corrected chi connectivity index (χ1v) is 6.19. The number of aryl methyl sites for hydroxylation is 1. The van der Waals surface area contributed by atoms with E-state index in [0.717, 1.165) is 5.56 Å². The minimum Gasteiger partial charge on any atom is -0.398 e. The lowest BCUT2D eigenvalue weighted by Crippen LogP contribution is -2.09. The number of halogens is 2. The van der Waals surface area contributed by atoms with E-state index in [1.165, 1.54) is 12.1 Å². The SMILES string of the molecule is Cc1ccc(N)c(C(=O)Cc2c(F)cccc2Cl)c1. The number of benzene rings is 2. The van der Waals surface area contributed by atoms with Crippen LogP contribution < -0.4 is 5.73 Å². The highest BCUT2D eigenvalue weighted by Gasteiger charge is 2.15. The summed E-state index contributed by atoms with van der Waals surface area (Å²) in [5.41, 5.74) is 7.70. The summed E-state index contributed by atoms with van der Waals surface area (Å²) in [6, 6.07) is 9.55. The molecule has 0 atom stereocenters. The summed E-state index contributed by atoms with van der Waals surface area (Å²) in [5, 5.41) is 0.250. The van der Waals surface area contributed by atoms with Gasteiger partial charge in [0.15, 0.2) is 5.78 Å². The summed E-state index contributed by atoms with van der Waals surface area (Å²) in [6.45, 7) is 1.87. The lowest BCUT2D eigenvalue weighted by molar-refractivity contribution is 0.0992. The molecule has 0 radical (unpaired) electrons. The molecule has 0 saturated carbocycles. The Kier molecular flexibility index (Phi) is 3.86. The van der Waals surface area contributed by atoms with Crippen LogP contribution in [0, 0.1) is 12.7 Å². The molecule has 0 fully saturated rings. The van der Waals surface area contributed by atoms with Gasteiger partial charge in [-0.05, 0) is 31.2 Å². The first kappa shape index (κ1) is 13.6. The van der Waals surface area contributed by atoms with Crippen LogP contribution in [0.15, 0.2) is 36.4 Å². The minimum absolute atomic E-state index is 0.0981. The number of hydrogen-bond acceptors (Lipinski definition) is 2. The van der Waals surface area contributed by atoms with Gasteiger partial charge in [0, 0.05) is 28.3 Å². The second kappa shape index (κ2) is 5.41. The molecule has 0 aromatic heterocycles. The fourth-order valence-corrected chi connectivity index (χ4v) is 2.10. The quantitative estimate of drug-likeness (QED) is 0.685. The van der Waals surface area contributed by atoms with E-state index < -0.39 is 5.82 Å². The van der Waals surface area contributed by atoms with Gasteiger partial charge in [0.05, 0.1) is 0 Å². The zero-order valence-corrected chi connectivity index (χ0v) is 11.2. The van der Waals surface area contributed by atoms with Gasteiger partial charge in [-0.2, -0.15) is 0 Å². The normalized spacial score (nSPS) is 10.5. The Morgan fingerprint density at radius 1 is 1.32 bits per heavy atom. The van der Waals surface area contributed by atoms with E-state index in [1.807, 2.05) is 13.0 Å². The van der Waals surface area contributed by atoms with E-state index in [-0.39, 0.29) is 22.8 Å². The Morgan fingerprint density at radius 2 is 2.05 bits per heavy atom. The summed E-state index contributed by atoms with van der Waals surface area (Å²) in [4.78, 5) is 12.2. The lowest BCUT2D eigenvalue weighted by Gasteiger charge is -2.08. The highest BCUT2D eigenvalue weighted by Crippen LogP contribution is 2.23. The lowest BCUT2D eigenvalue weighted by atomic mass is 9.99. The zero-order valence-electron chi connectivity index (χ0n) is 10.4. The van der Waals surface area contributed by atoms with Crippen LogP contribution in [-0.2, 0) is 6.42 Å². The summed E-state index contributed by atoms with van der Waals surface area (Å²) in [5.74, 6) is -0.722. The molecule has 0 amide bonds. The van der Waals surface area contributed by atoms with Crippen molar-refractivity contribution in [2.75, 3.05) is 5.73 Å². The Labute approximate surface area is 116 Å². The van der Waals surface area contributed by atoms with Gasteiger partial charge in [-0.15, -0.1) is 0 Å². The molecular weight excluding hydrogens is 265 g/mol. The van der Waals surface area contributed by atoms with Crippen LogP contribution in [0.4, 0.5) is 10.1 Å². The molecule has 98 valence electrons. The zero-order chi connectivity index (χ0) is 14.0. The van der Waals surface area contributed by atoms with Crippen LogP contribution in [0.5, 0.6) is 0 Å². The van der Waals surface area contributed by atoms with Crippen molar-refractivity contribution in [1.29, 1.82) is 0 Å². The van der Waals surface area contributed by atoms with E-state index in [2.05, 4.69) is 0 Å². The first-order valence-electron chi connectivity index (χ1n) is 5.81. The van der Waals surface area contributed by atoms with E-state index >= 15 is 0 Å². The smallest absolute Gasteiger partial charge is 0.169 e. The number of anilines is 1. The second-order valence-electron chi connectivity index (χ2n) is 4.39. The van der Waals surface area contributed by atoms with Crippen LogP contribution in [-0.4, -0.2) is 5.78 Å². The van der Waals surface area contributed by atoms with Gasteiger partial charge in [0.1, 0.15) is 5.82 Å². The standard InChI is InChI=1S/C15H13ClFNO/c1-9-5-6-14(18)11(7-9)15(19)8-10-12(16)3-2-4-13(10)17/h2-7H,8,18H2,1H3. The van der Waals surface area contributed by atoms with Crippen molar-refractivity contribution in [2.45, 2.75) is 13.3 Å². The number of rotatable bonds is 3. The third-order valence-corrected chi connectivity index (χ3v) is 3.26. The van der Waals surface area contributed by atoms with Gasteiger partial charge < -0.3 is 5.73 Å². The Bertz CT molecular complexity index is 620. The monoisotopic (exact) mass is 277 g/mol. The van der Waals surface area contributed by atoms with Crippen LogP contribution >= 0.6 is 11.6 Å². The fraction of sp³-hybridized carbons (Fsp3) is 0.133. The molecule has 0 aliphatic carbocycles. The largest absolute Gasteiger partial charge is 0.398 e. The Morgan fingerprint density at radius 3 is 2.74 bits per heavy atom. The summed E-state index contributed by atoms with van der Waals surface area (Å²) >= 11 is 5.91. The van der Waals surface area contributed by atoms with Crippen molar-refractivity contribution in [1.82, 2.24) is 0 Å². The van der Waals surface area contributed by atoms with Crippen LogP contribution in [0.25, 0.3) is 0 Å². The summed E-state index contributed by atoms with van der Waals surface area (Å²) in [6.07, 6.45) is -0.0981. The highest BCUT2D eigenvalue weighted by molar-refractivity contribution is 6.31. The predicted octanol–water partition coefficient (Wildman–Crippen LogP) is 3.80. The van der Waals surface area contributed by atoms with Crippen LogP contribution in [0.3, 0.4) is 0 Å². The maximum absolute atomic E-state index is 13.6. The molecule has 4 heteroatoms. The molecule has 0 bridgehead atoms. The molecule has 0 heterocycles. The average molecular weight is 278 g/mol. The van der Waals surface area contributed by atoms with Crippen molar-refractivity contribution in [3.05, 3.63) is 63.9 Å². The molecule has 0 unspecified atom stereocenters. The summed E-state index contributed by atoms with van der Waals surface area (Å²) < 4.78 is 13.6. The molecule has 2 N–H and O–H groups in total. The van der Waals surface area contributed by atoms with E-state index in [1.54, 1.807) is 18.2 Å². The van der Waals surface area contributed by atoms with Gasteiger partial charge >= 0.3 is 0 Å². The average Bonchev–Trinajstić information content (AvgIpc) is 2.37. The van der Waals surface area contributed by atoms with Crippen molar-refractivity contribution < 1.29 is 9.18 Å². The van der Waals surface area contributed by atoms with Crippen molar-refractivity contribution in [2.24, 2.45) is 0 Å². The van der Waals surface area contributed by atoms with Crippen LogP contribution in [0.2, 0.25) is 5.02 Å². The number of hydrogen-bond donors (Lipinski definition) is 1. The van der Waals surface area contributed by atoms with Gasteiger partial charge in [-0.3, -0.25) is 4.79 Å². The first-order chi connectivity index (χ1) is 8.99. The Hall–Kier alpha value is -1.87. The maximum atomic E-state index is 13.6. The molecule has 2 aromatic rings. The number of carbonyl (C=O) groups is 1. The molecule has 2 rings (SSSR count). The van der Waals surface area contributed by atoms with E-state index in [4.69, 9.17) is 17.3 Å². The molecule has 0 saturated heterocycles. The van der Waals surface area contributed by atoms with E-state index in [9.17, 15) is 9.18 Å². The topological polar surface area (TPSA) is 43.1 Å². The van der Waals surface area contributed by atoms with Gasteiger partial charge in [0.2, 0.25) is 0 Å². The fourth-order valence-electron chi connectivity index (χ4n) is 1.87. The maximum Gasteiger partial charge on any atom is 0.169 e. The molecule has 0 spiro atoms. The number of carbonyl (C=O) groups excluding carboxylic acids is 1. The molecule has 2 aromatic carbocycles. The van der Waals surface area contributed by atoms with Crippen LogP contribution in [0.1, 0.15) is 21.5 Å². The third kappa shape index (κ3) is 2.93. The Balaban J connectivity index is 2.34. The van der Waals surface area contributed by atoms with Gasteiger partial charge in [-0.1, -0.05) is 29.3 Å². The van der Waals surface area contributed by atoms with Gasteiger partial charge in [-0.25, -0.2) is 4.39 Å². The number of nitrogen functional groups attached to an aromatic ring is 1. The van der Waals surface area contributed by atoms with E-state index in [0.29, 0.717) is 11.3 Å². The molecule has 2 nitrogen and oxygen atoms in total. The predicted molar refractivity (Wildman–Crippen MR) is 75.0 cm³/mol. The van der Waals surface area contributed by atoms with Crippen molar-refractivity contribution >= 4 is 23.1 Å². The third-order valence-electron chi connectivity index (χ3n) is 2.91. The summed E-state index contributed by atoms with van der Waals surface area (Å²) in [7, 11) is 0. The van der Waals surface area contributed by atoms with Crippen molar-refractivity contribution in [3.8, 4) is 0 Å². The van der Waals surface area contributed by atoms with Gasteiger partial charge in [0.25, 0.3) is 0 Å². The number of nitrogens with two attached hydrogens (primary N) is 1. The molecular formula is C15H13ClFNO.